The van der Waals surface area contributed by atoms with E-state index in [4.69, 9.17) is 20.9 Å². The van der Waals surface area contributed by atoms with Gasteiger partial charge in [0, 0.05) is 78.4 Å². The third-order valence-corrected chi connectivity index (χ3v) is 17.7. The third kappa shape index (κ3) is 32.0. The second kappa shape index (κ2) is 48.2. The van der Waals surface area contributed by atoms with Gasteiger partial charge in [0.15, 0.2) is 0 Å². The van der Waals surface area contributed by atoms with E-state index in [2.05, 4.69) is 37.2 Å². The number of hydrogen-bond acceptors (Lipinski definition) is 23. The number of likely N-dealkylation sites (tertiary alicyclic amines) is 1. The van der Waals surface area contributed by atoms with Crippen LogP contribution in [0.4, 0.5) is 11.4 Å². The summed E-state index contributed by atoms with van der Waals surface area (Å²) in [5.41, 5.74) is 10.8. The molecule has 0 saturated carbocycles. The molecule has 2 aromatic carbocycles. The van der Waals surface area contributed by atoms with Gasteiger partial charge in [-0.05, 0) is 101 Å². The molecule has 2 aromatic rings. The van der Waals surface area contributed by atoms with Crippen molar-refractivity contribution in [1.82, 2.24) is 51.1 Å². The Morgan fingerprint density at radius 3 is 1.60 bits per heavy atom. The molecule has 2 heterocycles. The molecule has 0 spiro atoms. The molecule has 571 valence electrons. The SMILES string of the molecule is CC[C@H](C)[C@H](NC(=O)[C@H](CC(C)C)NC(=O)COCCOCCNc1c(NCCCC(C(=O)O)N2CCN(CC(=O)O)CCN(CC(=O)O)CCN(CC(=O)O)CC2)c(=O)c1=O)C(=O)N[C@@H](CCCCN)C(=O)N[C@@H](CCCCN)C(=O)N1CCC[C@H]1C(=O)N[C@@H](Cc1ccccc1)C(=O)O.[Gd+3]. The first-order chi connectivity index (χ1) is 48.2. The summed E-state index contributed by atoms with van der Waals surface area (Å²) in [4.78, 5) is 177. The summed E-state index contributed by atoms with van der Waals surface area (Å²) in [5, 5.41) is 68.6. The van der Waals surface area contributed by atoms with E-state index in [-0.39, 0.29) is 220 Å². The Hall–Kier alpha value is -6.93. The summed E-state index contributed by atoms with van der Waals surface area (Å²) in [6.45, 7) is 7.59. The van der Waals surface area contributed by atoms with Gasteiger partial charge in [0.25, 0.3) is 10.9 Å². The van der Waals surface area contributed by atoms with Gasteiger partial charge in [-0.15, -0.1) is 0 Å². The molecule has 35 heteroatoms. The maximum Gasteiger partial charge on any atom is 3.00 e. The van der Waals surface area contributed by atoms with Crippen molar-refractivity contribution in [1.29, 1.82) is 0 Å². The van der Waals surface area contributed by atoms with Crippen LogP contribution in [0.25, 0.3) is 0 Å². The van der Waals surface area contributed by atoms with Crippen LogP contribution in [0.3, 0.4) is 0 Å². The molecule has 102 heavy (non-hydrogen) atoms. The molecule has 4 rings (SSSR count). The van der Waals surface area contributed by atoms with Crippen molar-refractivity contribution in [2.75, 3.05) is 142 Å². The third-order valence-electron chi connectivity index (χ3n) is 17.7. The van der Waals surface area contributed by atoms with E-state index in [0.29, 0.717) is 50.6 Å². The Morgan fingerprint density at radius 1 is 0.559 bits per heavy atom. The molecule has 2 saturated heterocycles. The van der Waals surface area contributed by atoms with E-state index in [1.54, 1.807) is 56.9 Å². The molecular formula is C67H108GdN14O20+3. The quantitative estimate of drug-likeness (QED) is 0.0250. The van der Waals surface area contributed by atoms with E-state index >= 15 is 0 Å². The zero-order valence-electron chi connectivity index (χ0n) is 59.0. The largest absolute Gasteiger partial charge is 3.00 e. The van der Waals surface area contributed by atoms with Gasteiger partial charge in [0.2, 0.25) is 35.4 Å². The number of nitrogens with two attached hydrogens (primary N) is 2. The maximum absolute atomic E-state index is 14.4. The molecule has 2 aliphatic heterocycles. The second-order valence-corrected chi connectivity index (χ2v) is 26.1. The minimum Gasteiger partial charge on any atom is -0.480 e. The van der Waals surface area contributed by atoms with E-state index in [1.165, 1.54) is 4.90 Å². The van der Waals surface area contributed by atoms with E-state index in [1.807, 2.05) is 20.8 Å². The van der Waals surface area contributed by atoms with Gasteiger partial charge in [-0.2, -0.15) is 0 Å². The summed E-state index contributed by atoms with van der Waals surface area (Å²) in [7, 11) is 0. The average molecular weight is 1590 g/mol. The van der Waals surface area contributed by atoms with Gasteiger partial charge in [0.05, 0.1) is 39.5 Å². The Labute approximate surface area is 626 Å². The molecule has 0 aromatic heterocycles. The molecule has 6 amide bonds. The summed E-state index contributed by atoms with van der Waals surface area (Å²) in [6, 6.07) is 0.735. The first kappa shape index (κ1) is 89.3. The fraction of sp³-hybridized carbons (Fsp3) is 0.687. The number of carbonyl (C=O) groups excluding carboxylic acids is 6. The number of nitrogens with one attached hydrogen (secondary N) is 7. The number of rotatable bonds is 47. The van der Waals surface area contributed by atoms with Crippen molar-refractivity contribution in [3.63, 3.8) is 0 Å². The zero-order valence-corrected chi connectivity index (χ0v) is 61.3. The van der Waals surface area contributed by atoms with Crippen LogP contribution in [0.1, 0.15) is 110 Å². The Morgan fingerprint density at radius 2 is 1.08 bits per heavy atom. The van der Waals surface area contributed by atoms with Crippen LogP contribution >= 0.6 is 0 Å². The van der Waals surface area contributed by atoms with Gasteiger partial charge < -0.3 is 88.6 Å². The molecule has 0 bridgehead atoms. The average Bonchev–Trinajstić information content (AvgIpc) is 0.848. The normalized spacial score (nSPS) is 17.2. The molecule has 1 radical (unpaired) electrons. The number of carboxylic acids is 5. The number of carbonyl (C=O) groups is 11. The summed E-state index contributed by atoms with van der Waals surface area (Å²) in [5.74, 6) is -10.3. The number of carboxylic acid groups (broad SMARTS) is 5. The van der Waals surface area contributed by atoms with Crippen molar-refractivity contribution in [2.45, 2.75) is 153 Å². The van der Waals surface area contributed by atoms with Crippen LogP contribution in [-0.4, -0.2) is 289 Å². The zero-order chi connectivity index (χ0) is 74.6. The second-order valence-electron chi connectivity index (χ2n) is 26.1. The molecular weight excluding hydrogens is 1480 g/mol. The van der Waals surface area contributed by atoms with Gasteiger partial charge in [0.1, 0.15) is 60.3 Å². The van der Waals surface area contributed by atoms with Gasteiger partial charge >= 0.3 is 69.8 Å². The van der Waals surface area contributed by atoms with E-state index < -0.39 is 131 Å². The number of anilines is 2. The maximum atomic E-state index is 14.4. The van der Waals surface area contributed by atoms with Crippen molar-refractivity contribution < 1.29 is 128 Å². The number of hydrogen-bond donors (Lipinski definition) is 14. The van der Waals surface area contributed by atoms with Crippen LogP contribution in [0.15, 0.2) is 39.9 Å². The van der Waals surface area contributed by atoms with Crippen molar-refractivity contribution in [3.8, 4) is 0 Å². The number of ether oxygens (including phenoxy) is 2. The monoisotopic (exact) mass is 1590 g/mol. The smallest absolute Gasteiger partial charge is 0.480 e. The number of benzene rings is 1. The number of amides is 6. The minimum absolute atomic E-state index is 0. The molecule has 1 unspecified atom stereocenters. The van der Waals surface area contributed by atoms with Crippen molar-refractivity contribution in [3.05, 3.63) is 56.3 Å². The first-order valence-electron chi connectivity index (χ1n) is 34.9. The van der Waals surface area contributed by atoms with Crippen LogP contribution in [0, 0.1) is 51.8 Å². The van der Waals surface area contributed by atoms with Gasteiger partial charge in [-0.1, -0.05) is 64.4 Å². The van der Waals surface area contributed by atoms with E-state index in [0.717, 1.165) is 0 Å². The van der Waals surface area contributed by atoms with Gasteiger partial charge in [-0.25, -0.2) is 4.79 Å². The standard InChI is InChI=1S/C67H108N14O20.Gd/c1-5-44(4)56(64(94)73-46(17-9-11-21-68)61(91)74-47(18-10-12-22-69)65(95)81-25-14-20-50(81)63(93)75-49(66(96)97)38-45-15-7-6-8-16-45)76-62(92)48(37-43(2)3)72-52(82)42-101-36-35-100-34-24-71-58-57(59(89)60(58)90)70-23-13-19-51(67(98)99)80-32-30-78(40-54(85)86)28-26-77(39-53(83)84)27-29-79(31-33-80)41-55(87)88;/h6-8,15-16,43-44,46-51,56,70-71H,5,9-14,17-42,68-69H2,1-4H3,(H,72,82)(H,73,94)(H,74,91)(H,75,93)(H,76,92)(H,83,84)(H,85,86)(H,87,88)(H,96,97)(H,98,99);/q;+3/t44-,46-,47-,48-,49-,50-,51?,56-;/m0./s1. The Kier molecular flexibility index (Phi) is 42.2. The predicted octanol–water partition coefficient (Wildman–Crippen LogP) is -2.06. The minimum atomic E-state index is -1.27. The fourth-order valence-corrected chi connectivity index (χ4v) is 12.0. The van der Waals surface area contributed by atoms with Crippen molar-refractivity contribution >= 4 is 76.7 Å². The van der Waals surface area contributed by atoms with Crippen LogP contribution in [0.2, 0.25) is 0 Å². The van der Waals surface area contributed by atoms with Crippen molar-refractivity contribution in [2.24, 2.45) is 23.3 Å². The molecule has 16 N–H and O–H groups in total. The number of unbranched alkanes of at least 4 members (excludes halogenated alkanes) is 2. The van der Waals surface area contributed by atoms with Crippen LogP contribution in [0.5, 0.6) is 0 Å². The van der Waals surface area contributed by atoms with E-state index in [9.17, 15) is 87.9 Å². The fourth-order valence-electron chi connectivity index (χ4n) is 12.0. The molecule has 2 fully saturated rings. The van der Waals surface area contributed by atoms with Gasteiger partial charge in [-0.3, -0.25) is 77.1 Å². The Balaban J connectivity index is 0.0000270. The summed E-state index contributed by atoms with van der Waals surface area (Å²) >= 11 is 0. The molecule has 0 aliphatic carbocycles. The van der Waals surface area contributed by atoms with Crippen LogP contribution in [-0.2, 0) is 68.6 Å². The summed E-state index contributed by atoms with van der Waals surface area (Å²) < 4.78 is 11.2. The molecule has 8 atom stereocenters. The predicted molar refractivity (Wildman–Crippen MR) is 371 cm³/mol. The summed E-state index contributed by atoms with van der Waals surface area (Å²) in [6.07, 6.45) is 3.64. The topological polar surface area (TPSA) is 494 Å². The molecule has 2 aliphatic rings. The first-order valence-corrected chi connectivity index (χ1v) is 34.9. The molecule has 34 nitrogen and oxygen atoms in total. The van der Waals surface area contributed by atoms with Crippen LogP contribution < -0.4 is 59.5 Å². The number of nitrogens with zero attached hydrogens (tertiary/aromatic N) is 5. The Bertz CT molecular complexity index is 3040. The number of aliphatic carboxylic acids is 5.